The average Bonchev–Trinajstić information content (AvgIpc) is 2.89. The summed E-state index contributed by atoms with van der Waals surface area (Å²) in [5, 5.41) is 10.6. The molecule has 0 fully saturated rings. The van der Waals surface area contributed by atoms with Crippen molar-refractivity contribution in [3.63, 3.8) is 0 Å². The van der Waals surface area contributed by atoms with Crippen LogP contribution in [-0.4, -0.2) is 67.4 Å². The number of methoxy groups -OCH3 is 1. The lowest BCUT2D eigenvalue weighted by molar-refractivity contribution is -0.127. The molecule has 0 unspecified atom stereocenters. The van der Waals surface area contributed by atoms with Crippen LogP contribution in [0.3, 0.4) is 0 Å². The van der Waals surface area contributed by atoms with Crippen molar-refractivity contribution in [2.45, 2.75) is 19.9 Å². The van der Waals surface area contributed by atoms with E-state index in [1.165, 1.54) is 4.90 Å². The SMILES string of the molecule is CCc1nn(C)cc1CN=C(NCCOC)NCC(=O)N(C)C. The fourth-order valence-corrected chi connectivity index (χ4v) is 1.94. The van der Waals surface area contributed by atoms with Crippen molar-refractivity contribution in [3.8, 4) is 0 Å². The lowest BCUT2D eigenvalue weighted by Crippen LogP contribution is -2.43. The van der Waals surface area contributed by atoms with E-state index in [4.69, 9.17) is 4.74 Å². The summed E-state index contributed by atoms with van der Waals surface area (Å²) in [6.07, 6.45) is 2.84. The van der Waals surface area contributed by atoms with Gasteiger partial charge in [0.05, 0.1) is 25.4 Å². The van der Waals surface area contributed by atoms with Gasteiger partial charge >= 0.3 is 0 Å². The van der Waals surface area contributed by atoms with Crippen molar-refractivity contribution in [1.29, 1.82) is 0 Å². The Morgan fingerprint density at radius 3 is 2.78 bits per heavy atom. The molecule has 0 atom stereocenters. The summed E-state index contributed by atoms with van der Waals surface area (Å²) >= 11 is 0. The number of nitrogens with one attached hydrogen (secondary N) is 2. The van der Waals surface area contributed by atoms with E-state index in [0.29, 0.717) is 25.7 Å². The van der Waals surface area contributed by atoms with Gasteiger partial charge in [0.15, 0.2) is 5.96 Å². The first kappa shape index (κ1) is 19.0. The van der Waals surface area contributed by atoms with Gasteiger partial charge in [-0.05, 0) is 6.42 Å². The fourth-order valence-electron chi connectivity index (χ4n) is 1.94. The van der Waals surface area contributed by atoms with Gasteiger partial charge in [-0.1, -0.05) is 6.92 Å². The van der Waals surface area contributed by atoms with Crippen LogP contribution in [-0.2, 0) is 29.5 Å². The van der Waals surface area contributed by atoms with Gasteiger partial charge in [-0.2, -0.15) is 5.10 Å². The number of carbonyl (C=O) groups excluding carboxylic acids is 1. The predicted octanol–water partition coefficient (Wildman–Crippen LogP) is -0.248. The minimum absolute atomic E-state index is 0.0122. The molecule has 130 valence electrons. The Kier molecular flexibility index (Phi) is 8.10. The molecule has 1 aromatic rings. The first-order valence-electron chi connectivity index (χ1n) is 7.70. The Bertz CT molecular complexity index is 524. The molecule has 0 spiro atoms. The van der Waals surface area contributed by atoms with Gasteiger partial charge in [0, 0.05) is 46.6 Å². The van der Waals surface area contributed by atoms with E-state index in [0.717, 1.165) is 17.7 Å². The zero-order valence-corrected chi connectivity index (χ0v) is 14.7. The standard InChI is InChI=1S/C15H28N6O2/c1-6-13-12(11-21(4)19-13)9-17-15(16-7-8-23-5)18-10-14(22)20(2)3/h11H,6-10H2,1-5H3,(H2,16,17,18). The van der Waals surface area contributed by atoms with E-state index >= 15 is 0 Å². The first-order chi connectivity index (χ1) is 11.0. The number of rotatable bonds is 8. The van der Waals surface area contributed by atoms with Crippen LogP contribution in [0, 0.1) is 0 Å². The molecule has 0 aliphatic heterocycles. The van der Waals surface area contributed by atoms with E-state index in [2.05, 4.69) is 27.6 Å². The van der Waals surface area contributed by atoms with Gasteiger partial charge in [-0.15, -0.1) is 0 Å². The number of aliphatic imine (C=N–C) groups is 1. The molecule has 8 heteroatoms. The lowest BCUT2D eigenvalue weighted by atomic mass is 10.2. The third-order valence-electron chi connectivity index (χ3n) is 3.24. The third-order valence-corrected chi connectivity index (χ3v) is 3.24. The average molecular weight is 324 g/mol. The molecule has 2 N–H and O–H groups in total. The summed E-state index contributed by atoms with van der Waals surface area (Å²) in [6, 6.07) is 0. The molecule has 0 radical (unpaired) electrons. The van der Waals surface area contributed by atoms with Gasteiger partial charge in [0.25, 0.3) is 0 Å². The zero-order valence-electron chi connectivity index (χ0n) is 14.7. The van der Waals surface area contributed by atoms with Crippen LogP contribution in [0.4, 0.5) is 0 Å². The molecule has 23 heavy (non-hydrogen) atoms. The van der Waals surface area contributed by atoms with Crippen LogP contribution in [0.25, 0.3) is 0 Å². The van der Waals surface area contributed by atoms with Crippen molar-refractivity contribution < 1.29 is 9.53 Å². The Labute approximate surface area is 137 Å². The number of amides is 1. The van der Waals surface area contributed by atoms with Gasteiger partial charge in [-0.3, -0.25) is 9.48 Å². The van der Waals surface area contributed by atoms with Gasteiger partial charge in [0.2, 0.25) is 5.91 Å². The molecular formula is C15H28N6O2. The molecule has 0 saturated carbocycles. The van der Waals surface area contributed by atoms with Crippen molar-refractivity contribution in [3.05, 3.63) is 17.5 Å². The van der Waals surface area contributed by atoms with E-state index in [1.54, 1.807) is 25.9 Å². The van der Waals surface area contributed by atoms with Crippen LogP contribution >= 0.6 is 0 Å². The third kappa shape index (κ3) is 6.68. The maximum Gasteiger partial charge on any atom is 0.241 e. The molecule has 0 aliphatic carbocycles. The topological polar surface area (TPSA) is 83.8 Å². The Morgan fingerprint density at radius 2 is 2.17 bits per heavy atom. The van der Waals surface area contributed by atoms with Gasteiger partial charge in [0.1, 0.15) is 0 Å². The first-order valence-corrected chi connectivity index (χ1v) is 7.70. The van der Waals surface area contributed by atoms with Crippen LogP contribution in [0.1, 0.15) is 18.2 Å². The summed E-state index contributed by atoms with van der Waals surface area (Å²) < 4.78 is 6.82. The number of hydrogen-bond donors (Lipinski definition) is 2. The molecule has 0 saturated heterocycles. The smallest absolute Gasteiger partial charge is 0.241 e. The number of likely N-dealkylation sites (N-methyl/N-ethyl adjacent to an activating group) is 1. The van der Waals surface area contributed by atoms with E-state index in [9.17, 15) is 4.79 Å². The minimum Gasteiger partial charge on any atom is -0.383 e. The maximum absolute atomic E-state index is 11.7. The molecule has 1 rings (SSSR count). The van der Waals surface area contributed by atoms with Crippen molar-refractivity contribution in [2.75, 3.05) is 40.9 Å². The van der Waals surface area contributed by atoms with Crippen LogP contribution in [0.15, 0.2) is 11.2 Å². The molecule has 0 aliphatic rings. The van der Waals surface area contributed by atoms with Crippen molar-refractivity contribution in [2.24, 2.45) is 12.0 Å². The second-order valence-electron chi connectivity index (χ2n) is 5.35. The second-order valence-corrected chi connectivity index (χ2v) is 5.35. The van der Waals surface area contributed by atoms with Gasteiger partial charge < -0.3 is 20.3 Å². The molecular weight excluding hydrogens is 296 g/mol. The van der Waals surface area contributed by atoms with Crippen molar-refractivity contribution >= 4 is 11.9 Å². The minimum atomic E-state index is -0.0122. The summed E-state index contributed by atoms with van der Waals surface area (Å²) in [7, 11) is 6.99. The van der Waals surface area contributed by atoms with E-state index in [-0.39, 0.29) is 12.5 Å². The number of aromatic nitrogens is 2. The van der Waals surface area contributed by atoms with Crippen LogP contribution in [0.2, 0.25) is 0 Å². The zero-order chi connectivity index (χ0) is 17.2. The summed E-state index contributed by atoms with van der Waals surface area (Å²) in [6.45, 7) is 3.96. The van der Waals surface area contributed by atoms with E-state index in [1.807, 2.05) is 13.2 Å². The monoisotopic (exact) mass is 324 g/mol. The molecule has 0 aromatic carbocycles. The number of ether oxygens (including phenoxy) is 1. The number of hydrogen-bond acceptors (Lipinski definition) is 4. The largest absolute Gasteiger partial charge is 0.383 e. The second kappa shape index (κ2) is 9.83. The highest BCUT2D eigenvalue weighted by Crippen LogP contribution is 2.08. The number of carbonyl (C=O) groups is 1. The highest BCUT2D eigenvalue weighted by molar-refractivity contribution is 5.86. The number of aryl methyl sites for hydroxylation is 2. The normalized spacial score (nSPS) is 11.4. The summed E-state index contributed by atoms with van der Waals surface area (Å²) in [5.74, 6) is 0.574. The van der Waals surface area contributed by atoms with Crippen LogP contribution < -0.4 is 10.6 Å². The van der Waals surface area contributed by atoms with Crippen molar-refractivity contribution in [1.82, 2.24) is 25.3 Å². The fraction of sp³-hybridized carbons (Fsp3) is 0.667. The van der Waals surface area contributed by atoms with E-state index < -0.39 is 0 Å². The molecule has 1 aromatic heterocycles. The summed E-state index contributed by atoms with van der Waals surface area (Å²) in [4.78, 5) is 17.8. The van der Waals surface area contributed by atoms with Gasteiger partial charge in [-0.25, -0.2) is 4.99 Å². The number of nitrogens with zero attached hydrogens (tertiary/aromatic N) is 4. The lowest BCUT2D eigenvalue weighted by Gasteiger charge is -2.14. The Morgan fingerprint density at radius 1 is 1.43 bits per heavy atom. The van der Waals surface area contributed by atoms with Crippen LogP contribution in [0.5, 0.6) is 0 Å². The maximum atomic E-state index is 11.7. The summed E-state index contributed by atoms with van der Waals surface area (Å²) in [5.41, 5.74) is 2.12. The quantitative estimate of drug-likeness (QED) is 0.391. The highest BCUT2D eigenvalue weighted by atomic mass is 16.5. The molecule has 1 heterocycles. The molecule has 1 amide bonds. The molecule has 0 bridgehead atoms. The predicted molar refractivity (Wildman–Crippen MR) is 90.3 cm³/mol. The Balaban J connectivity index is 2.70. The highest BCUT2D eigenvalue weighted by Gasteiger charge is 2.08. The Hall–Kier alpha value is -2.09. The molecule has 8 nitrogen and oxygen atoms in total. The number of guanidine groups is 1.